The van der Waals surface area contributed by atoms with Crippen molar-refractivity contribution in [1.29, 1.82) is 0 Å². The van der Waals surface area contributed by atoms with Crippen LogP contribution in [-0.4, -0.2) is 2.78 Å². The lowest BCUT2D eigenvalue weighted by atomic mass is 10.1. The van der Waals surface area contributed by atoms with E-state index in [0.717, 1.165) is 0 Å². The van der Waals surface area contributed by atoms with Crippen molar-refractivity contribution in [3.8, 4) is 0 Å². The van der Waals surface area contributed by atoms with Crippen LogP contribution in [0, 0.1) is 0 Å². The van der Waals surface area contributed by atoms with Crippen molar-refractivity contribution in [3.63, 3.8) is 0 Å². The molecule has 2 nitrogen and oxygen atoms in total. The van der Waals surface area contributed by atoms with Crippen LogP contribution in [-0.2, 0) is 0 Å². The van der Waals surface area contributed by atoms with E-state index in [0.29, 0.717) is 5.92 Å². The minimum Gasteiger partial charge on any atom is -0.269 e. The minimum absolute atomic E-state index is 0.0370. The maximum atomic E-state index is 10.9. The Bertz CT molecular complexity index is 303. The van der Waals surface area contributed by atoms with E-state index in [4.69, 9.17) is 0 Å². The van der Waals surface area contributed by atoms with Crippen LogP contribution in [0.1, 0.15) is 25.3 Å². The summed E-state index contributed by atoms with van der Waals surface area (Å²) in [6.07, 6.45) is 1.87. The van der Waals surface area contributed by atoms with E-state index in [1.165, 1.54) is 5.56 Å². The Labute approximate surface area is 79.7 Å². The standard InChI is InChI=1S/C8H10INO/c1-6(2)7-3-4-8(11)10(9)5-7/h3-6H,1-2H3. The number of hydrogen-bond acceptors (Lipinski definition) is 1. The molecule has 60 valence electrons. The molecule has 0 N–H and O–H groups in total. The highest BCUT2D eigenvalue weighted by Crippen LogP contribution is 2.11. The van der Waals surface area contributed by atoms with Crippen molar-refractivity contribution in [1.82, 2.24) is 2.78 Å². The summed E-state index contributed by atoms with van der Waals surface area (Å²) in [5.41, 5.74) is 1.23. The zero-order valence-electron chi connectivity index (χ0n) is 6.54. The molecule has 0 fully saturated rings. The molecule has 1 rings (SSSR count). The summed E-state index contributed by atoms with van der Waals surface area (Å²) in [5, 5.41) is 0. The molecule has 0 bridgehead atoms. The van der Waals surface area contributed by atoms with E-state index in [-0.39, 0.29) is 5.56 Å². The SMILES string of the molecule is CC(C)c1ccc(=O)n(I)c1. The third-order valence-corrected chi connectivity index (χ3v) is 2.31. The van der Waals surface area contributed by atoms with Gasteiger partial charge < -0.3 is 0 Å². The van der Waals surface area contributed by atoms with Gasteiger partial charge in [-0.05, 0) is 11.5 Å². The predicted molar refractivity (Wildman–Crippen MR) is 54.2 cm³/mol. The Hall–Kier alpha value is -0.320. The molecular formula is C8H10INO. The van der Waals surface area contributed by atoms with Crippen molar-refractivity contribution in [2.24, 2.45) is 0 Å². The molecule has 1 aromatic rings. The minimum atomic E-state index is 0.0370. The average Bonchev–Trinajstić information content (AvgIpc) is 1.94. The highest BCUT2D eigenvalue weighted by atomic mass is 127. The number of aromatic nitrogens is 1. The van der Waals surface area contributed by atoms with E-state index in [1.807, 2.05) is 35.1 Å². The quantitative estimate of drug-likeness (QED) is 0.712. The second-order valence-electron chi connectivity index (χ2n) is 2.77. The van der Waals surface area contributed by atoms with Crippen molar-refractivity contribution in [2.45, 2.75) is 19.8 Å². The lowest BCUT2D eigenvalue weighted by Crippen LogP contribution is -2.10. The Morgan fingerprint density at radius 2 is 2.09 bits per heavy atom. The largest absolute Gasteiger partial charge is 0.269 e. The van der Waals surface area contributed by atoms with Crippen LogP contribution >= 0.6 is 22.9 Å². The van der Waals surface area contributed by atoms with Gasteiger partial charge >= 0.3 is 0 Å². The second-order valence-corrected chi connectivity index (χ2v) is 3.81. The van der Waals surface area contributed by atoms with Crippen LogP contribution in [0.2, 0.25) is 0 Å². The number of rotatable bonds is 1. The number of pyridine rings is 1. The molecule has 11 heavy (non-hydrogen) atoms. The molecule has 0 unspecified atom stereocenters. The second kappa shape index (κ2) is 3.38. The van der Waals surface area contributed by atoms with Gasteiger partial charge in [-0.15, -0.1) is 0 Å². The molecule has 0 atom stereocenters. The van der Waals surface area contributed by atoms with Crippen LogP contribution in [0.15, 0.2) is 23.1 Å². The smallest absolute Gasteiger partial charge is 0.259 e. The van der Waals surface area contributed by atoms with E-state index >= 15 is 0 Å². The van der Waals surface area contributed by atoms with Gasteiger partial charge in [0.05, 0.1) is 22.9 Å². The van der Waals surface area contributed by atoms with Crippen LogP contribution in [0.4, 0.5) is 0 Å². The number of hydrogen-bond donors (Lipinski definition) is 0. The van der Waals surface area contributed by atoms with Gasteiger partial charge in [-0.1, -0.05) is 19.9 Å². The van der Waals surface area contributed by atoms with E-state index in [9.17, 15) is 4.79 Å². The molecule has 0 radical (unpaired) electrons. The van der Waals surface area contributed by atoms with Gasteiger partial charge in [-0.3, -0.25) is 7.58 Å². The first-order valence-corrected chi connectivity index (χ1v) is 4.46. The lowest BCUT2D eigenvalue weighted by Gasteiger charge is -2.04. The molecule has 0 aliphatic rings. The fourth-order valence-corrected chi connectivity index (χ4v) is 1.30. The van der Waals surface area contributed by atoms with Gasteiger partial charge in [0.2, 0.25) is 0 Å². The monoisotopic (exact) mass is 263 g/mol. The molecule has 3 heteroatoms. The first-order valence-electron chi connectivity index (χ1n) is 3.50. The van der Waals surface area contributed by atoms with Gasteiger partial charge in [-0.25, -0.2) is 0 Å². The topological polar surface area (TPSA) is 22.0 Å². The normalized spacial score (nSPS) is 10.5. The van der Waals surface area contributed by atoms with Crippen molar-refractivity contribution in [2.75, 3.05) is 0 Å². The Morgan fingerprint density at radius 3 is 2.55 bits per heavy atom. The number of halogens is 1. The summed E-state index contributed by atoms with van der Waals surface area (Å²) >= 11 is 1.99. The predicted octanol–water partition coefficient (Wildman–Crippen LogP) is 2.17. The van der Waals surface area contributed by atoms with Crippen molar-refractivity contribution in [3.05, 3.63) is 34.2 Å². The molecule has 0 saturated carbocycles. The molecule has 1 aromatic heterocycles. The van der Waals surface area contributed by atoms with E-state index in [1.54, 1.807) is 8.85 Å². The van der Waals surface area contributed by atoms with Crippen LogP contribution < -0.4 is 5.56 Å². The molecule has 1 heterocycles. The molecule has 0 aliphatic carbocycles. The third kappa shape index (κ3) is 2.05. The van der Waals surface area contributed by atoms with Crippen LogP contribution in [0.3, 0.4) is 0 Å². The third-order valence-electron chi connectivity index (χ3n) is 1.56. The maximum Gasteiger partial charge on any atom is 0.259 e. The highest BCUT2D eigenvalue weighted by Gasteiger charge is 1.99. The average molecular weight is 263 g/mol. The summed E-state index contributed by atoms with van der Waals surface area (Å²) in [4.78, 5) is 10.9. The van der Waals surface area contributed by atoms with Crippen molar-refractivity contribution < 1.29 is 0 Å². The summed E-state index contributed by atoms with van der Waals surface area (Å²) in [6, 6.07) is 3.48. The lowest BCUT2D eigenvalue weighted by molar-refractivity contribution is 0.853. The summed E-state index contributed by atoms with van der Waals surface area (Å²) in [5.74, 6) is 0.483. The van der Waals surface area contributed by atoms with Crippen molar-refractivity contribution >= 4 is 22.9 Å². The zero-order valence-corrected chi connectivity index (χ0v) is 8.70. The van der Waals surface area contributed by atoms with Crippen LogP contribution in [0.5, 0.6) is 0 Å². The van der Waals surface area contributed by atoms with Gasteiger partial charge in [0.15, 0.2) is 0 Å². The maximum absolute atomic E-state index is 10.9. The Kier molecular flexibility index (Phi) is 2.70. The molecule has 0 spiro atoms. The summed E-state index contributed by atoms with van der Waals surface area (Å²) < 4.78 is 1.58. The molecule has 0 aliphatic heterocycles. The van der Waals surface area contributed by atoms with Gasteiger partial charge in [-0.2, -0.15) is 0 Å². The van der Waals surface area contributed by atoms with Crippen LogP contribution in [0.25, 0.3) is 0 Å². The fraction of sp³-hybridized carbons (Fsp3) is 0.375. The number of nitrogens with zero attached hydrogens (tertiary/aromatic N) is 1. The first kappa shape index (κ1) is 8.77. The fourth-order valence-electron chi connectivity index (χ4n) is 0.818. The van der Waals surface area contributed by atoms with E-state index < -0.39 is 0 Å². The molecule has 0 amide bonds. The van der Waals surface area contributed by atoms with Gasteiger partial charge in [0.1, 0.15) is 0 Å². The molecule has 0 aromatic carbocycles. The molecular weight excluding hydrogens is 253 g/mol. The first-order chi connectivity index (χ1) is 5.11. The zero-order chi connectivity index (χ0) is 8.43. The van der Waals surface area contributed by atoms with Gasteiger partial charge in [0.25, 0.3) is 5.56 Å². The van der Waals surface area contributed by atoms with E-state index in [2.05, 4.69) is 13.8 Å². The summed E-state index contributed by atoms with van der Waals surface area (Å²) in [6.45, 7) is 4.22. The highest BCUT2D eigenvalue weighted by molar-refractivity contribution is 14.1. The Balaban J connectivity index is 3.15. The molecule has 0 saturated heterocycles. The Morgan fingerprint density at radius 1 is 1.45 bits per heavy atom. The summed E-state index contributed by atoms with van der Waals surface area (Å²) in [7, 11) is 0. The van der Waals surface area contributed by atoms with Gasteiger partial charge in [0, 0.05) is 12.3 Å².